The van der Waals surface area contributed by atoms with E-state index in [1.807, 2.05) is 24.3 Å². The number of benzene rings is 1. The summed E-state index contributed by atoms with van der Waals surface area (Å²) in [5.41, 5.74) is 2.33. The molecule has 0 saturated carbocycles. The standard InChI is InChI=1S/C14H17F3O/c15-14(16,17)9-12(18)8-11-6-3-5-10-4-1-2-7-13(10)11/h1-2,4,7,11-12,18H,3,5-6,8-9H2. The summed E-state index contributed by atoms with van der Waals surface area (Å²) in [7, 11) is 0. The molecule has 0 amide bonds. The summed E-state index contributed by atoms with van der Waals surface area (Å²) in [6.45, 7) is 0. The molecule has 1 nitrogen and oxygen atoms in total. The molecule has 0 bridgehead atoms. The lowest BCUT2D eigenvalue weighted by molar-refractivity contribution is -0.154. The lowest BCUT2D eigenvalue weighted by Gasteiger charge is -2.27. The maximum Gasteiger partial charge on any atom is 0.391 e. The number of aliphatic hydroxyl groups excluding tert-OH is 1. The first-order chi connectivity index (χ1) is 8.46. The third-order valence-corrected chi connectivity index (χ3v) is 3.52. The van der Waals surface area contributed by atoms with Gasteiger partial charge in [0.2, 0.25) is 0 Å². The van der Waals surface area contributed by atoms with Gasteiger partial charge in [0.05, 0.1) is 12.5 Å². The second-order valence-electron chi connectivity index (χ2n) is 5.00. The van der Waals surface area contributed by atoms with Crippen molar-refractivity contribution in [3.05, 3.63) is 35.4 Å². The van der Waals surface area contributed by atoms with E-state index in [9.17, 15) is 18.3 Å². The van der Waals surface area contributed by atoms with Gasteiger partial charge < -0.3 is 5.11 Å². The lowest BCUT2D eigenvalue weighted by Crippen LogP contribution is -2.23. The van der Waals surface area contributed by atoms with Crippen molar-refractivity contribution in [3.63, 3.8) is 0 Å². The van der Waals surface area contributed by atoms with E-state index in [1.54, 1.807) is 0 Å². The average molecular weight is 258 g/mol. The quantitative estimate of drug-likeness (QED) is 0.874. The Morgan fingerprint density at radius 2 is 2.00 bits per heavy atom. The van der Waals surface area contributed by atoms with E-state index < -0.39 is 18.7 Å². The first kappa shape index (κ1) is 13.4. The van der Waals surface area contributed by atoms with Crippen LogP contribution in [0.5, 0.6) is 0 Å². The van der Waals surface area contributed by atoms with Crippen LogP contribution >= 0.6 is 0 Å². The van der Waals surface area contributed by atoms with Crippen LogP contribution in [0.2, 0.25) is 0 Å². The van der Waals surface area contributed by atoms with E-state index in [1.165, 1.54) is 5.56 Å². The monoisotopic (exact) mass is 258 g/mol. The van der Waals surface area contributed by atoms with Crippen LogP contribution < -0.4 is 0 Å². The topological polar surface area (TPSA) is 20.2 Å². The number of rotatable bonds is 3. The van der Waals surface area contributed by atoms with E-state index in [0.717, 1.165) is 24.8 Å². The van der Waals surface area contributed by atoms with Crippen molar-refractivity contribution in [2.45, 2.75) is 50.3 Å². The Balaban J connectivity index is 2.03. The zero-order valence-corrected chi connectivity index (χ0v) is 10.1. The highest BCUT2D eigenvalue weighted by Crippen LogP contribution is 2.36. The predicted octanol–water partition coefficient (Wildman–Crippen LogP) is 3.81. The minimum atomic E-state index is -4.28. The van der Waals surface area contributed by atoms with Crippen LogP contribution in [-0.2, 0) is 6.42 Å². The Kier molecular flexibility index (Phi) is 3.95. The summed E-state index contributed by atoms with van der Waals surface area (Å²) in [5, 5.41) is 9.54. The molecule has 0 aliphatic heterocycles. The molecule has 0 aromatic heterocycles. The number of aliphatic hydroxyl groups is 1. The molecule has 1 aromatic rings. The van der Waals surface area contributed by atoms with Crippen molar-refractivity contribution in [1.29, 1.82) is 0 Å². The molecule has 0 heterocycles. The Hall–Kier alpha value is -1.03. The van der Waals surface area contributed by atoms with Crippen molar-refractivity contribution < 1.29 is 18.3 Å². The molecule has 2 rings (SSSR count). The second kappa shape index (κ2) is 5.31. The van der Waals surface area contributed by atoms with Crippen LogP contribution in [0.25, 0.3) is 0 Å². The molecule has 0 saturated heterocycles. The second-order valence-corrected chi connectivity index (χ2v) is 5.00. The van der Waals surface area contributed by atoms with E-state index >= 15 is 0 Å². The molecule has 4 heteroatoms. The van der Waals surface area contributed by atoms with Crippen molar-refractivity contribution in [3.8, 4) is 0 Å². The molecule has 2 atom stereocenters. The first-order valence-corrected chi connectivity index (χ1v) is 6.28. The summed E-state index contributed by atoms with van der Waals surface area (Å²) < 4.78 is 36.6. The number of halogens is 3. The van der Waals surface area contributed by atoms with Gasteiger partial charge in [0.1, 0.15) is 0 Å². The maximum absolute atomic E-state index is 12.2. The number of hydrogen-bond donors (Lipinski definition) is 1. The highest BCUT2D eigenvalue weighted by Gasteiger charge is 2.33. The van der Waals surface area contributed by atoms with E-state index in [-0.39, 0.29) is 12.3 Å². The van der Waals surface area contributed by atoms with Gasteiger partial charge >= 0.3 is 6.18 Å². The third kappa shape index (κ3) is 3.48. The molecular formula is C14H17F3O. The third-order valence-electron chi connectivity index (χ3n) is 3.52. The van der Waals surface area contributed by atoms with Gasteiger partial charge in [0.15, 0.2) is 0 Å². The molecule has 1 aliphatic rings. The van der Waals surface area contributed by atoms with Gasteiger partial charge in [-0.05, 0) is 42.7 Å². The van der Waals surface area contributed by atoms with Crippen molar-refractivity contribution in [1.82, 2.24) is 0 Å². The lowest BCUT2D eigenvalue weighted by atomic mass is 9.79. The molecule has 100 valence electrons. The Bertz CT molecular complexity index is 400. The number of aryl methyl sites for hydroxylation is 1. The summed E-state index contributed by atoms with van der Waals surface area (Å²) in [6, 6.07) is 7.86. The Morgan fingerprint density at radius 3 is 2.72 bits per heavy atom. The predicted molar refractivity (Wildman–Crippen MR) is 63.4 cm³/mol. The van der Waals surface area contributed by atoms with Gasteiger partial charge in [-0.1, -0.05) is 24.3 Å². The van der Waals surface area contributed by atoms with Crippen LogP contribution in [0.15, 0.2) is 24.3 Å². The molecule has 18 heavy (non-hydrogen) atoms. The fraction of sp³-hybridized carbons (Fsp3) is 0.571. The van der Waals surface area contributed by atoms with Gasteiger partial charge in [0, 0.05) is 0 Å². The minimum absolute atomic E-state index is 0.0623. The number of fused-ring (bicyclic) bond motifs is 1. The van der Waals surface area contributed by atoms with Crippen LogP contribution in [-0.4, -0.2) is 17.4 Å². The fourth-order valence-electron chi connectivity index (χ4n) is 2.78. The van der Waals surface area contributed by atoms with Gasteiger partial charge in [-0.15, -0.1) is 0 Å². The van der Waals surface area contributed by atoms with E-state index in [2.05, 4.69) is 0 Å². The highest BCUT2D eigenvalue weighted by molar-refractivity contribution is 5.32. The summed E-state index contributed by atoms with van der Waals surface area (Å²) in [5.74, 6) is 0.0623. The highest BCUT2D eigenvalue weighted by atomic mass is 19.4. The number of alkyl halides is 3. The molecular weight excluding hydrogens is 241 g/mol. The zero-order chi connectivity index (χ0) is 13.2. The largest absolute Gasteiger partial charge is 0.393 e. The molecule has 1 N–H and O–H groups in total. The Morgan fingerprint density at radius 1 is 1.28 bits per heavy atom. The van der Waals surface area contributed by atoms with Gasteiger partial charge in [0.25, 0.3) is 0 Å². The van der Waals surface area contributed by atoms with Gasteiger partial charge in [-0.3, -0.25) is 0 Å². The van der Waals surface area contributed by atoms with Crippen molar-refractivity contribution in [2.75, 3.05) is 0 Å². The molecule has 1 aromatic carbocycles. The van der Waals surface area contributed by atoms with Crippen LogP contribution in [0.3, 0.4) is 0 Å². The van der Waals surface area contributed by atoms with Crippen LogP contribution in [0.4, 0.5) is 13.2 Å². The van der Waals surface area contributed by atoms with Gasteiger partial charge in [-0.2, -0.15) is 13.2 Å². The number of hydrogen-bond acceptors (Lipinski definition) is 1. The van der Waals surface area contributed by atoms with Crippen molar-refractivity contribution >= 4 is 0 Å². The minimum Gasteiger partial charge on any atom is -0.393 e. The van der Waals surface area contributed by atoms with Crippen LogP contribution in [0, 0.1) is 0 Å². The molecule has 0 spiro atoms. The fourth-order valence-corrected chi connectivity index (χ4v) is 2.78. The molecule has 1 aliphatic carbocycles. The normalized spacial score (nSPS) is 21.4. The van der Waals surface area contributed by atoms with Crippen LogP contribution in [0.1, 0.15) is 42.7 Å². The van der Waals surface area contributed by atoms with Gasteiger partial charge in [-0.25, -0.2) is 0 Å². The molecule has 0 fully saturated rings. The van der Waals surface area contributed by atoms with E-state index in [4.69, 9.17) is 0 Å². The smallest absolute Gasteiger partial charge is 0.391 e. The molecule has 0 radical (unpaired) electrons. The average Bonchev–Trinajstić information content (AvgIpc) is 2.27. The maximum atomic E-state index is 12.2. The van der Waals surface area contributed by atoms with E-state index in [0.29, 0.717) is 0 Å². The summed E-state index contributed by atoms with van der Waals surface area (Å²) in [4.78, 5) is 0. The van der Waals surface area contributed by atoms with Crippen molar-refractivity contribution in [2.24, 2.45) is 0 Å². The zero-order valence-electron chi connectivity index (χ0n) is 10.1. The molecule has 2 unspecified atom stereocenters. The first-order valence-electron chi connectivity index (χ1n) is 6.28. The summed E-state index contributed by atoms with van der Waals surface area (Å²) in [6.07, 6.45) is -3.63. The Labute approximate surface area is 105 Å². The SMILES string of the molecule is OC(CC1CCCc2ccccc21)CC(F)(F)F. The summed E-state index contributed by atoms with van der Waals surface area (Å²) >= 11 is 0.